The number of fused-ring (bicyclic) bond motifs is 8. The van der Waals surface area contributed by atoms with Gasteiger partial charge in [0.2, 0.25) is 0 Å². The highest BCUT2D eigenvalue weighted by molar-refractivity contribution is 5.78. The Morgan fingerprint density at radius 2 is 1.63 bits per heavy atom. The molecule has 0 spiro atoms. The lowest BCUT2D eigenvalue weighted by atomic mass is 9.68. The summed E-state index contributed by atoms with van der Waals surface area (Å²) in [6.07, 6.45) is 13.9. The summed E-state index contributed by atoms with van der Waals surface area (Å²) in [7, 11) is 0. The third kappa shape index (κ3) is 4.94. The number of carboxylic acids is 1. The van der Waals surface area contributed by atoms with Crippen LogP contribution in [0.5, 0.6) is 0 Å². The van der Waals surface area contributed by atoms with Gasteiger partial charge in [-0.3, -0.25) is 23.9 Å². The molecule has 5 unspecified atom stereocenters. The lowest BCUT2D eigenvalue weighted by molar-refractivity contribution is -0.137. The molecule has 2 saturated heterocycles. The minimum atomic E-state index is -1.13. The topological polar surface area (TPSA) is 97.4 Å². The second-order valence-electron chi connectivity index (χ2n) is 13.1. The number of hydrogen-bond acceptors (Lipinski definition) is 5. The van der Waals surface area contributed by atoms with Crippen molar-refractivity contribution in [3.8, 4) is 11.4 Å². The number of para-hydroxylation sites is 2. The number of carboxylic acid groups (broad SMARTS) is 1. The van der Waals surface area contributed by atoms with Crippen LogP contribution in [0.3, 0.4) is 0 Å². The summed E-state index contributed by atoms with van der Waals surface area (Å²) >= 11 is 0. The Labute approximate surface area is 240 Å². The second kappa shape index (κ2) is 10.9. The smallest absolute Gasteiger partial charge is 0.323 e. The first kappa shape index (κ1) is 26.6. The van der Waals surface area contributed by atoms with Crippen LogP contribution in [0.1, 0.15) is 76.7 Å². The van der Waals surface area contributed by atoms with Gasteiger partial charge in [-0.15, -0.1) is 0 Å². The van der Waals surface area contributed by atoms with Crippen LogP contribution in [0.4, 0.5) is 0 Å². The third-order valence-corrected chi connectivity index (χ3v) is 10.6. The zero-order valence-corrected chi connectivity index (χ0v) is 23.7. The molecule has 1 aromatic carbocycles. The molecule has 5 fully saturated rings. The van der Waals surface area contributed by atoms with Gasteiger partial charge in [0.15, 0.2) is 5.69 Å². The van der Waals surface area contributed by atoms with E-state index >= 15 is 0 Å². The molecule has 3 aliphatic carbocycles. The monoisotopic (exact) mass is 556 g/mol. The van der Waals surface area contributed by atoms with Gasteiger partial charge in [0, 0.05) is 30.7 Å². The van der Waals surface area contributed by atoms with Crippen molar-refractivity contribution in [1.82, 2.24) is 19.0 Å². The molecule has 3 aromatic rings. The van der Waals surface area contributed by atoms with Crippen molar-refractivity contribution in [2.45, 2.75) is 95.3 Å². The molecular weight excluding hydrogens is 516 g/mol. The van der Waals surface area contributed by atoms with Crippen LogP contribution in [0.15, 0.2) is 52.1 Å². The average molecular weight is 557 g/mol. The summed E-state index contributed by atoms with van der Waals surface area (Å²) in [5, 5.41) is 9.51. The highest BCUT2D eigenvalue weighted by Gasteiger charge is 2.44. The van der Waals surface area contributed by atoms with E-state index in [2.05, 4.69) is 4.90 Å². The van der Waals surface area contributed by atoms with Crippen LogP contribution in [0, 0.1) is 17.8 Å². The molecule has 2 aliphatic heterocycles. The van der Waals surface area contributed by atoms with Crippen LogP contribution >= 0.6 is 0 Å². The molecule has 4 bridgehead atoms. The quantitative estimate of drug-likeness (QED) is 0.471. The molecule has 8 nitrogen and oxygen atoms in total. The van der Waals surface area contributed by atoms with Crippen molar-refractivity contribution in [1.29, 1.82) is 0 Å². The molecule has 216 valence electrons. The van der Waals surface area contributed by atoms with Gasteiger partial charge in [0.25, 0.3) is 11.1 Å². The van der Waals surface area contributed by atoms with Crippen LogP contribution < -0.4 is 11.1 Å². The SMILES string of the molecule is O=C(O)Cn1c(-c2nc3ccccc3n(C3CC4CCCCC3CN4C3CC4CCCC(C4)C3)c2=O)cccc1=O. The zero-order chi connectivity index (χ0) is 28.1. The number of piperidine rings is 1. The van der Waals surface area contributed by atoms with Crippen molar-refractivity contribution in [3.63, 3.8) is 0 Å². The largest absolute Gasteiger partial charge is 0.480 e. The molecule has 8 heteroatoms. The molecule has 3 saturated carbocycles. The normalized spacial score (nSPS) is 30.1. The first-order valence-electron chi connectivity index (χ1n) is 15.7. The molecule has 0 amide bonds. The van der Waals surface area contributed by atoms with E-state index in [1.807, 2.05) is 28.8 Å². The Balaban J connectivity index is 1.31. The highest BCUT2D eigenvalue weighted by atomic mass is 16.4. The molecule has 41 heavy (non-hydrogen) atoms. The van der Waals surface area contributed by atoms with E-state index in [4.69, 9.17) is 4.98 Å². The fourth-order valence-electron chi connectivity index (χ4n) is 8.91. The molecule has 0 radical (unpaired) electrons. The molecule has 1 N–H and O–H groups in total. The predicted molar refractivity (Wildman–Crippen MR) is 158 cm³/mol. The van der Waals surface area contributed by atoms with Gasteiger partial charge in [-0.25, -0.2) is 4.98 Å². The van der Waals surface area contributed by atoms with Gasteiger partial charge in [-0.2, -0.15) is 0 Å². The Morgan fingerprint density at radius 3 is 2.44 bits per heavy atom. The zero-order valence-electron chi connectivity index (χ0n) is 23.7. The Kier molecular flexibility index (Phi) is 7.05. The van der Waals surface area contributed by atoms with Gasteiger partial charge in [-0.1, -0.05) is 50.3 Å². The van der Waals surface area contributed by atoms with Crippen LogP contribution in [0.2, 0.25) is 0 Å². The van der Waals surface area contributed by atoms with Crippen molar-refractivity contribution in [2.24, 2.45) is 17.8 Å². The summed E-state index contributed by atoms with van der Waals surface area (Å²) < 4.78 is 3.12. The number of nitrogens with zero attached hydrogens (tertiary/aromatic N) is 4. The fourth-order valence-corrected chi connectivity index (χ4v) is 8.91. The van der Waals surface area contributed by atoms with Crippen molar-refractivity contribution in [3.05, 3.63) is 63.2 Å². The number of aliphatic carboxylic acids is 1. The number of pyridine rings is 1. The predicted octanol–water partition coefficient (Wildman–Crippen LogP) is 5.08. The standard InChI is InChI=1S/C33H40N4O4/c38-30-14-6-13-28(36(30)20-31(39)40)32-33(41)37(27-12-4-3-11-26(27)34-32)29-18-24-10-2-1-9-23(29)19-35(24)25-16-21-7-5-8-22(15-21)17-25/h3-4,6,11-14,21-25,29H,1-2,5,7-10,15-20H2,(H,39,40). The molecule has 5 aliphatic rings. The van der Waals surface area contributed by atoms with Gasteiger partial charge in [0.05, 0.1) is 16.7 Å². The number of hydrogen-bond donors (Lipinski definition) is 1. The average Bonchev–Trinajstić information content (AvgIpc) is 2.94. The Morgan fingerprint density at radius 1 is 0.854 bits per heavy atom. The number of aromatic nitrogens is 3. The maximum atomic E-state index is 14.4. The minimum Gasteiger partial charge on any atom is -0.480 e. The summed E-state index contributed by atoms with van der Waals surface area (Å²) in [5.74, 6) is 0.998. The number of carbonyl (C=O) groups is 1. The van der Waals surface area contributed by atoms with Crippen molar-refractivity contribution >= 4 is 17.0 Å². The van der Waals surface area contributed by atoms with E-state index in [0.29, 0.717) is 23.5 Å². The van der Waals surface area contributed by atoms with E-state index in [9.17, 15) is 19.5 Å². The summed E-state index contributed by atoms with van der Waals surface area (Å²) in [6, 6.07) is 13.5. The van der Waals surface area contributed by atoms with Gasteiger partial charge >= 0.3 is 5.97 Å². The Hall–Kier alpha value is -3.26. The number of rotatable bonds is 5. The summed E-state index contributed by atoms with van der Waals surface area (Å²) in [4.78, 5) is 46.4. The van der Waals surface area contributed by atoms with Crippen molar-refractivity contribution in [2.75, 3.05) is 6.54 Å². The Bertz CT molecular complexity index is 1570. The molecule has 4 heterocycles. The van der Waals surface area contributed by atoms with Gasteiger partial charge < -0.3 is 9.67 Å². The lowest BCUT2D eigenvalue weighted by Gasteiger charge is -2.53. The lowest BCUT2D eigenvalue weighted by Crippen LogP contribution is -2.56. The first-order chi connectivity index (χ1) is 20.0. The van der Waals surface area contributed by atoms with Crippen LogP contribution in [-0.4, -0.2) is 48.7 Å². The van der Waals surface area contributed by atoms with E-state index in [0.717, 1.165) is 41.3 Å². The van der Waals surface area contributed by atoms with E-state index in [1.54, 1.807) is 12.1 Å². The van der Waals surface area contributed by atoms with E-state index in [1.165, 1.54) is 63.9 Å². The maximum Gasteiger partial charge on any atom is 0.323 e. The summed E-state index contributed by atoms with van der Waals surface area (Å²) in [5.41, 5.74) is 1.23. The second-order valence-corrected chi connectivity index (χ2v) is 13.1. The van der Waals surface area contributed by atoms with Crippen molar-refractivity contribution < 1.29 is 9.90 Å². The number of benzene rings is 1. The van der Waals surface area contributed by atoms with E-state index < -0.39 is 18.1 Å². The van der Waals surface area contributed by atoms with Crippen LogP contribution in [-0.2, 0) is 11.3 Å². The molecule has 5 atom stereocenters. The van der Waals surface area contributed by atoms with Crippen LogP contribution in [0.25, 0.3) is 22.4 Å². The maximum absolute atomic E-state index is 14.4. The van der Waals surface area contributed by atoms with Gasteiger partial charge in [-0.05, 0) is 74.5 Å². The third-order valence-electron chi connectivity index (χ3n) is 10.6. The summed E-state index contributed by atoms with van der Waals surface area (Å²) in [6.45, 7) is 0.516. The molecule has 2 aromatic heterocycles. The minimum absolute atomic E-state index is 0.0437. The fraction of sp³-hybridized carbons (Fsp3) is 0.576. The van der Waals surface area contributed by atoms with E-state index in [-0.39, 0.29) is 23.0 Å². The molecular formula is C33H40N4O4. The highest BCUT2D eigenvalue weighted by Crippen LogP contribution is 2.46. The van der Waals surface area contributed by atoms with Gasteiger partial charge in [0.1, 0.15) is 6.54 Å². The first-order valence-corrected chi connectivity index (χ1v) is 15.7. The molecule has 8 rings (SSSR count).